The minimum Gasteiger partial charge on any atom is -0.388 e. The predicted molar refractivity (Wildman–Crippen MR) is 71.5 cm³/mol. The molecule has 19 heavy (non-hydrogen) atoms. The summed E-state index contributed by atoms with van der Waals surface area (Å²) >= 11 is 11.5. The molecule has 0 bridgehead atoms. The number of halogens is 4. The van der Waals surface area contributed by atoms with Gasteiger partial charge in [-0.05, 0) is 42.0 Å². The number of benzene rings is 2. The first-order valence-corrected chi connectivity index (χ1v) is 6.30. The average Bonchev–Trinajstić information content (AvgIpc) is 2.36. The molecule has 1 N–H and O–H groups in total. The van der Waals surface area contributed by atoms with Crippen molar-refractivity contribution in [3.05, 3.63) is 69.2 Å². The van der Waals surface area contributed by atoms with Crippen LogP contribution in [-0.2, 0) is 6.42 Å². The van der Waals surface area contributed by atoms with Crippen LogP contribution in [0.1, 0.15) is 17.2 Å². The van der Waals surface area contributed by atoms with Gasteiger partial charge >= 0.3 is 0 Å². The van der Waals surface area contributed by atoms with E-state index in [2.05, 4.69) is 0 Å². The molecule has 1 atom stereocenters. The molecule has 0 spiro atoms. The average molecular weight is 303 g/mol. The monoisotopic (exact) mass is 302 g/mol. The Hall–Kier alpha value is -1.16. The quantitative estimate of drug-likeness (QED) is 0.882. The molecule has 0 aliphatic rings. The fourth-order valence-corrected chi connectivity index (χ4v) is 2.16. The molecule has 0 aromatic heterocycles. The van der Waals surface area contributed by atoms with Gasteiger partial charge in [0.15, 0.2) is 0 Å². The summed E-state index contributed by atoms with van der Waals surface area (Å²) in [6.45, 7) is 0. The fraction of sp³-hybridized carbons (Fsp3) is 0.143. The van der Waals surface area contributed by atoms with Crippen LogP contribution >= 0.6 is 23.2 Å². The molecule has 0 fully saturated rings. The summed E-state index contributed by atoms with van der Waals surface area (Å²) in [5.41, 5.74) is 0.256. The second kappa shape index (κ2) is 5.87. The second-order valence-electron chi connectivity index (χ2n) is 4.12. The van der Waals surface area contributed by atoms with Crippen molar-refractivity contribution < 1.29 is 13.9 Å². The van der Waals surface area contributed by atoms with Crippen LogP contribution in [0.25, 0.3) is 0 Å². The van der Waals surface area contributed by atoms with Crippen LogP contribution in [0.4, 0.5) is 8.78 Å². The molecule has 0 saturated heterocycles. The molecule has 0 aliphatic carbocycles. The molecule has 2 aromatic carbocycles. The van der Waals surface area contributed by atoms with Crippen LogP contribution in [0, 0.1) is 11.6 Å². The molecule has 0 radical (unpaired) electrons. The first-order valence-electron chi connectivity index (χ1n) is 5.54. The second-order valence-corrected chi connectivity index (χ2v) is 4.99. The van der Waals surface area contributed by atoms with Gasteiger partial charge in [0, 0.05) is 22.0 Å². The van der Waals surface area contributed by atoms with E-state index in [0.29, 0.717) is 10.0 Å². The van der Waals surface area contributed by atoms with E-state index in [4.69, 9.17) is 23.2 Å². The number of rotatable bonds is 3. The first-order chi connectivity index (χ1) is 8.97. The summed E-state index contributed by atoms with van der Waals surface area (Å²) in [6.07, 6.45) is -1.27. The van der Waals surface area contributed by atoms with Crippen molar-refractivity contribution in [2.24, 2.45) is 0 Å². The molecule has 2 aromatic rings. The maximum absolute atomic E-state index is 13.6. The summed E-state index contributed by atoms with van der Waals surface area (Å²) in [7, 11) is 0. The summed E-state index contributed by atoms with van der Waals surface area (Å²) in [5, 5.41) is 10.7. The van der Waals surface area contributed by atoms with Crippen molar-refractivity contribution in [2.75, 3.05) is 0 Å². The van der Waals surface area contributed by atoms with Crippen LogP contribution in [0.3, 0.4) is 0 Å². The van der Waals surface area contributed by atoms with E-state index in [1.54, 1.807) is 0 Å². The highest BCUT2D eigenvalue weighted by Gasteiger charge is 2.16. The van der Waals surface area contributed by atoms with E-state index in [1.807, 2.05) is 0 Å². The van der Waals surface area contributed by atoms with Gasteiger partial charge in [-0.1, -0.05) is 23.2 Å². The molecule has 2 rings (SSSR count). The van der Waals surface area contributed by atoms with Crippen LogP contribution in [-0.4, -0.2) is 5.11 Å². The van der Waals surface area contributed by atoms with Crippen molar-refractivity contribution in [3.63, 3.8) is 0 Å². The minimum absolute atomic E-state index is 0.0341. The van der Waals surface area contributed by atoms with Crippen LogP contribution in [0.15, 0.2) is 36.4 Å². The van der Waals surface area contributed by atoms with Gasteiger partial charge in [0.1, 0.15) is 11.6 Å². The maximum atomic E-state index is 13.6. The van der Waals surface area contributed by atoms with E-state index in [-0.39, 0.29) is 17.5 Å². The zero-order chi connectivity index (χ0) is 14.0. The lowest BCUT2D eigenvalue weighted by Crippen LogP contribution is -2.06. The van der Waals surface area contributed by atoms with E-state index < -0.39 is 17.7 Å². The zero-order valence-electron chi connectivity index (χ0n) is 9.71. The molecule has 0 heterocycles. The zero-order valence-corrected chi connectivity index (χ0v) is 11.2. The van der Waals surface area contributed by atoms with Gasteiger partial charge in [-0.25, -0.2) is 8.78 Å². The maximum Gasteiger partial charge on any atom is 0.129 e. The van der Waals surface area contributed by atoms with E-state index in [9.17, 15) is 13.9 Å². The summed E-state index contributed by atoms with van der Waals surface area (Å²) in [5.74, 6) is -1.08. The van der Waals surface area contributed by atoms with Crippen molar-refractivity contribution >= 4 is 23.2 Å². The number of aliphatic hydroxyl groups excluding tert-OH is 1. The minimum atomic E-state index is -1.19. The topological polar surface area (TPSA) is 20.2 Å². The van der Waals surface area contributed by atoms with Gasteiger partial charge in [0.05, 0.1) is 6.10 Å². The highest BCUT2D eigenvalue weighted by molar-refractivity contribution is 6.30. The summed E-state index contributed by atoms with van der Waals surface area (Å²) in [4.78, 5) is 0. The predicted octanol–water partition coefficient (Wildman–Crippen LogP) is 4.55. The number of hydrogen-bond acceptors (Lipinski definition) is 1. The molecule has 5 heteroatoms. The molecule has 1 nitrogen and oxygen atoms in total. The Kier molecular flexibility index (Phi) is 4.40. The van der Waals surface area contributed by atoms with Crippen molar-refractivity contribution in [3.8, 4) is 0 Å². The lowest BCUT2D eigenvalue weighted by molar-refractivity contribution is 0.172. The van der Waals surface area contributed by atoms with E-state index >= 15 is 0 Å². The Morgan fingerprint density at radius 3 is 2.21 bits per heavy atom. The van der Waals surface area contributed by atoms with Gasteiger partial charge in [0.2, 0.25) is 0 Å². The van der Waals surface area contributed by atoms with Crippen LogP contribution in [0.5, 0.6) is 0 Å². The fourth-order valence-electron chi connectivity index (χ4n) is 1.79. The molecule has 0 saturated carbocycles. The highest BCUT2D eigenvalue weighted by Crippen LogP contribution is 2.26. The lowest BCUT2D eigenvalue weighted by Gasteiger charge is -2.13. The summed E-state index contributed by atoms with van der Waals surface area (Å²) in [6, 6.07) is 7.89. The van der Waals surface area contributed by atoms with E-state index in [1.165, 1.54) is 30.3 Å². The van der Waals surface area contributed by atoms with Gasteiger partial charge in [0.25, 0.3) is 0 Å². The van der Waals surface area contributed by atoms with Gasteiger partial charge in [-0.15, -0.1) is 0 Å². The molecule has 100 valence electrons. The van der Waals surface area contributed by atoms with Gasteiger partial charge in [-0.2, -0.15) is 0 Å². The van der Waals surface area contributed by atoms with Gasteiger partial charge < -0.3 is 5.11 Å². The van der Waals surface area contributed by atoms with Gasteiger partial charge in [-0.3, -0.25) is 0 Å². The third kappa shape index (κ3) is 3.44. The van der Waals surface area contributed by atoms with Crippen LogP contribution in [0.2, 0.25) is 10.0 Å². The molecular weight excluding hydrogens is 293 g/mol. The van der Waals surface area contributed by atoms with Crippen LogP contribution < -0.4 is 0 Å². The Labute approximate surface area is 119 Å². The Morgan fingerprint density at radius 2 is 1.53 bits per heavy atom. The Morgan fingerprint density at radius 1 is 0.947 bits per heavy atom. The Bertz CT molecular complexity index is 602. The molecule has 1 unspecified atom stereocenters. The summed E-state index contributed by atoms with van der Waals surface area (Å²) < 4.78 is 27.1. The third-order valence-corrected chi connectivity index (χ3v) is 3.21. The number of hydrogen-bond donors (Lipinski definition) is 1. The van der Waals surface area contributed by atoms with Crippen molar-refractivity contribution in [1.82, 2.24) is 0 Å². The largest absolute Gasteiger partial charge is 0.388 e. The first kappa shape index (κ1) is 14.3. The van der Waals surface area contributed by atoms with E-state index in [0.717, 1.165) is 6.07 Å². The number of aliphatic hydroxyl groups is 1. The molecule has 0 amide bonds. The van der Waals surface area contributed by atoms with Crippen molar-refractivity contribution in [1.29, 1.82) is 0 Å². The lowest BCUT2D eigenvalue weighted by atomic mass is 10.0. The molecular formula is C14H10Cl2F2O. The Balaban J connectivity index is 2.27. The smallest absolute Gasteiger partial charge is 0.129 e. The standard InChI is InChI=1S/C14H10Cl2F2O/c15-9-1-3-12(17)8(5-9)6-14(19)11-7-10(16)2-4-13(11)18/h1-5,7,14,19H,6H2. The molecule has 0 aliphatic heterocycles. The third-order valence-electron chi connectivity index (χ3n) is 2.74. The highest BCUT2D eigenvalue weighted by atomic mass is 35.5. The van der Waals surface area contributed by atoms with Crippen molar-refractivity contribution in [2.45, 2.75) is 12.5 Å². The normalized spacial score (nSPS) is 12.5. The SMILES string of the molecule is OC(Cc1cc(Cl)ccc1F)c1cc(Cl)ccc1F.